The molecule has 0 fully saturated rings. The molecule has 0 bridgehead atoms. The molecule has 0 radical (unpaired) electrons. The van der Waals surface area contributed by atoms with Crippen molar-refractivity contribution in [3.05, 3.63) is 0 Å². The Balaban J connectivity index is 3.20. The fourth-order valence-corrected chi connectivity index (χ4v) is 0.886. The zero-order valence-electron chi connectivity index (χ0n) is 5.81. The van der Waals surface area contributed by atoms with E-state index in [1.54, 1.807) is 7.05 Å². The van der Waals surface area contributed by atoms with Gasteiger partial charge in [-0.1, -0.05) is 11.8 Å². The van der Waals surface area contributed by atoms with Crippen LogP contribution in [-0.2, 0) is 4.79 Å². The maximum Gasteiger partial charge on any atom is 0.220 e. The molecule has 0 unspecified atom stereocenters. The minimum atomic E-state index is -0.0197. The Morgan fingerprint density at radius 3 is 2.80 bits per heavy atom. The summed E-state index contributed by atoms with van der Waals surface area (Å²) >= 11 is 1.18. The lowest BCUT2D eigenvalue weighted by Gasteiger charge is -1.97. The van der Waals surface area contributed by atoms with Crippen LogP contribution in [0, 0.1) is 5.41 Å². The van der Waals surface area contributed by atoms with Crippen LogP contribution in [-0.4, -0.2) is 23.9 Å². The first-order valence-corrected chi connectivity index (χ1v) is 3.82. The Bertz CT molecular complexity index is 137. The van der Waals surface area contributed by atoms with E-state index in [0.29, 0.717) is 12.2 Å². The highest BCUT2D eigenvalue weighted by Crippen LogP contribution is 1.99. The lowest BCUT2D eigenvalue weighted by atomic mass is 10.5. The molecule has 0 aliphatic rings. The van der Waals surface area contributed by atoms with Gasteiger partial charge in [-0.25, -0.2) is 0 Å². The summed E-state index contributed by atoms with van der Waals surface area (Å²) in [7, 11) is 1.58. The number of amides is 1. The van der Waals surface area contributed by atoms with Gasteiger partial charge in [0.1, 0.15) is 0 Å². The SMILES string of the molecule is CNC(=O)CCSC(=N)N. The molecule has 0 aliphatic heterocycles. The van der Waals surface area contributed by atoms with Crippen LogP contribution in [0.15, 0.2) is 0 Å². The van der Waals surface area contributed by atoms with Gasteiger partial charge in [0.2, 0.25) is 5.91 Å². The van der Waals surface area contributed by atoms with Crippen molar-refractivity contribution < 1.29 is 4.79 Å². The van der Waals surface area contributed by atoms with Crippen LogP contribution >= 0.6 is 11.8 Å². The molecule has 4 nitrogen and oxygen atoms in total. The van der Waals surface area contributed by atoms with E-state index in [-0.39, 0.29) is 11.1 Å². The zero-order chi connectivity index (χ0) is 7.98. The normalized spacial score (nSPS) is 8.90. The third kappa shape index (κ3) is 5.43. The summed E-state index contributed by atoms with van der Waals surface area (Å²) in [5.74, 6) is 0.559. The molecule has 0 aliphatic carbocycles. The van der Waals surface area contributed by atoms with E-state index < -0.39 is 0 Å². The van der Waals surface area contributed by atoms with E-state index in [4.69, 9.17) is 11.1 Å². The van der Waals surface area contributed by atoms with E-state index >= 15 is 0 Å². The highest BCUT2D eigenvalue weighted by Gasteiger charge is 1.97. The fraction of sp³-hybridized carbons (Fsp3) is 0.600. The summed E-state index contributed by atoms with van der Waals surface area (Å²) in [5.41, 5.74) is 5.03. The summed E-state index contributed by atoms with van der Waals surface area (Å²) in [6, 6.07) is 0. The van der Waals surface area contributed by atoms with Crippen molar-refractivity contribution in [3.8, 4) is 0 Å². The van der Waals surface area contributed by atoms with Crippen molar-refractivity contribution in [2.45, 2.75) is 6.42 Å². The summed E-state index contributed by atoms with van der Waals surface area (Å²) in [5, 5.41) is 9.34. The van der Waals surface area contributed by atoms with Gasteiger partial charge in [-0.15, -0.1) is 0 Å². The summed E-state index contributed by atoms with van der Waals surface area (Å²) in [6.07, 6.45) is 0.417. The first-order valence-electron chi connectivity index (χ1n) is 2.84. The lowest BCUT2D eigenvalue weighted by Crippen LogP contribution is -2.18. The molecule has 4 N–H and O–H groups in total. The average molecular weight is 161 g/mol. The first-order chi connectivity index (χ1) is 4.66. The highest BCUT2D eigenvalue weighted by molar-refractivity contribution is 8.13. The number of thioether (sulfide) groups is 1. The molecule has 0 rings (SSSR count). The predicted octanol–water partition coefficient (Wildman–Crippen LogP) is -0.251. The third-order valence-electron chi connectivity index (χ3n) is 0.866. The molecule has 0 spiro atoms. The Morgan fingerprint density at radius 2 is 2.40 bits per heavy atom. The molecule has 5 heteroatoms. The molecule has 0 heterocycles. The minimum absolute atomic E-state index is 0.0197. The molecule has 0 saturated heterocycles. The minimum Gasteiger partial charge on any atom is -0.379 e. The molecule has 0 atom stereocenters. The topological polar surface area (TPSA) is 79.0 Å². The second-order valence-electron chi connectivity index (χ2n) is 1.64. The van der Waals surface area contributed by atoms with Gasteiger partial charge in [0, 0.05) is 19.2 Å². The van der Waals surface area contributed by atoms with Crippen molar-refractivity contribution in [1.82, 2.24) is 5.32 Å². The average Bonchev–Trinajstić information content (AvgIpc) is 1.87. The molecule has 1 amide bonds. The molecular weight excluding hydrogens is 150 g/mol. The number of hydrogen-bond acceptors (Lipinski definition) is 3. The highest BCUT2D eigenvalue weighted by atomic mass is 32.2. The van der Waals surface area contributed by atoms with Crippen LogP contribution in [0.4, 0.5) is 0 Å². The first kappa shape index (κ1) is 9.29. The van der Waals surface area contributed by atoms with Crippen LogP contribution < -0.4 is 11.1 Å². The summed E-state index contributed by atoms with van der Waals surface area (Å²) in [6.45, 7) is 0. The predicted molar refractivity (Wildman–Crippen MR) is 43.1 cm³/mol. The number of rotatable bonds is 3. The van der Waals surface area contributed by atoms with E-state index in [1.165, 1.54) is 11.8 Å². The molecule has 0 aromatic heterocycles. The van der Waals surface area contributed by atoms with E-state index in [2.05, 4.69) is 5.32 Å². The van der Waals surface area contributed by atoms with Gasteiger partial charge in [-0.2, -0.15) is 0 Å². The van der Waals surface area contributed by atoms with Crippen LogP contribution in [0.5, 0.6) is 0 Å². The number of amidine groups is 1. The van der Waals surface area contributed by atoms with Gasteiger partial charge in [0.05, 0.1) is 0 Å². The molecule has 58 valence electrons. The van der Waals surface area contributed by atoms with Crippen molar-refractivity contribution in [2.24, 2.45) is 5.73 Å². The maximum atomic E-state index is 10.6. The van der Waals surface area contributed by atoms with Crippen LogP contribution in [0.2, 0.25) is 0 Å². The Morgan fingerprint density at radius 1 is 1.80 bits per heavy atom. The Hall–Kier alpha value is -0.710. The molecule has 0 aromatic rings. The smallest absolute Gasteiger partial charge is 0.220 e. The third-order valence-corrected chi connectivity index (χ3v) is 1.58. The van der Waals surface area contributed by atoms with Gasteiger partial charge in [0.25, 0.3) is 0 Å². The van der Waals surface area contributed by atoms with Gasteiger partial charge >= 0.3 is 0 Å². The Kier molecular flexibility index (Phi) is 4.74. The van der Waals surface area contributed by atoms with Crippen molar-refractivity contribution >= 4 is 22.8 Å². The molecule has 0 aromatic carbocycles. The van der Waals surface area contributed by atoms with Gasteiger partial charge in [-0.05, 0) is 0 Å². The number of carbonyl (C=O) groups is 1. The van der Waals surface area contributed by atoms with Crippen LogP contribution in [0.3, 0.4) is 0 Å². The number of carbonyl (C=O) groups excluding carboxylic acids is 1. The molecule has 10 heavy (non-hydrogen) atoms. The lowest BCUT2D eigenvalue weighted by molar-refractivity contribution is -0.120. The van der Waals surface area contributed by atoms with Crippen molar-refractivity contribution in [2.75, 3.05) is 12.8 Å². The number of nitrogens with two attached hydrogens (primary N) is 1. The second-order valence-corrected chi connectivity index (χ2v) is 2.77. The van der Waals surface area contributed by atoms with E-state index in [1.807, 2.05) is 0 Å². The number of nitrogens with one attached hydrogen (secondary N) is 2. The van der Waals surface area contributed by atoms with Crippen molar-refractivity contribution in [1.29, 1.82) is 5.41 Å². The molecular formula is C5H11N3OS. The quantitative estimate of drug-likeness (QED) is 0.394. The molecule has 0 saturated carbocycles. The van der Waals surface area contributed by atoms with Crippen LogP contribution in [0.1, 0.15) is 6.42 Å². The monoisotopic (exact) mass is 161 g/mol. The number of hydrogen-bond donors (Lipinski definition) is 3. The van der Waals surface area contributed by atoms with Crippen LogP contribution in [0.25, 0.3) is 0 Å². The fourth-order valence-electron chi connectivity index (χ4n) is 0.379. The standard InChI is InChI=1S/C5H11N3OS/c1-8-4(9)2-3-10-5(6)7/h2-3H2,1H3,(H3,6,7)(H,8,9). The zero-order valence-corrected chi connectivity index (χ0v) is 6.62. The van der Waals surface area contributed by atoms with Crippen molar-refractivity contribution in [3.63, 3.8) is 0 Å². The van der Waals surface area contributed by atoms with Gasteiger partial charge in [-0.3, -0.25) is 10.2 Å². The summed E-state index contributed by atoms with van der Waals surface area (Å²) in [4.78, 5) is 10.6. The van der Waals surface area contributed by atoms with Gasteiger partial charge in [0.15, 0.2) is 5.17 Å². The largest absolute Gasteiger partial charge is 0.379 e. The maximum absolute atomic E-state index is 10.6. The summed E-state index contributed by atoms with van der Waals surface area (Å²) < 4.78 is 0. The Labute approximate surface area is 64.1 Å². The van der Waals surface area contributed by atoms with E-state index in [0.717, 1.165) is 0 Å². The second kappa shape index (κ2) is 5.10. The van der Waals surface area contributed by atoms with Gasteiger partial charge < -0.3 is 11.1 Å². The van der Waals surface area contributed by atoms with E-state index in [9.17, 15) is 4.79 Å².